The summed E-state index contributed by atoms with van der Waals surface area (Å²) in [5.41, 5.74) is 3.05. The van der Waals surface area contributed by atoms with E-state index < -0.39 is 5.91 Å². The molecule has 0 aliphatic carbocycles. The minimum atomic E-state index is -0.448. The molecule has 4 nitrogen and oxygen atoms in total. The van der Waals surface area contributed by atoms with Gasteiger partial charge in [-0.2, -0.15) is 0 Å². The Labute approximate surface area is 152 Å². The van der Waals surface area contributed by atoms with Crippen LogP contribution in [0.2, 0.25) is 0 Å². The molecule has 0 saturated heterocycles. The van der Waals surface area contributed by atoms with Gasteiger partial charge in [0.25, 0.3) is 11.8 Å². The molecule has 0 unspecified atom stereocenters. The van der Waals surface area contributed by atoms with Crippen LogP contribution in [0.3, 0.4) is 0 Å². The molecule has 0 N–H and O–H groups in total. The van der Waals surface area contributed by atoms with E-state index in [1.54, 1.807) is 4.90 Å². The van der Waals surface area contributed by atoms with Gasteiger partial charge in [-0.3, -0.25) is 14.5 Å². The zero-order valence-electron chi connectivity index (χ0n) is 14.2. The summed E-state index contributed by atoms with van der Waals surface area (Å²) >= 11 is 6.27. The van der Waals surface area contributed by atoms with Crippen LogP contribution in [0.25, 0.3) is 0 Å². The van der Waals surface area contributed by atoms with Crippen molar-refractivity contribution in [3.8, 4) is 0 Å². The molecule has 1 aliphatic rings. The highest BCUT2D eigenvalue weighted by molar-refractivity contribution is 6.48. The Bertz CT molecular complexity index is 846. The van der Waals surface area contributed by atoms with E-state index in [0.717, 1.165) is 16.8 Å². The quantitative estimate of drug-likeness (QED) is 0.766. The number of nitrogens with zero attached hydrogens (tertiary/aromatic N) is 2. The average molecular weight is 355 g/mol. The SMILES string of the molecule is CCN(C1=C(Cl)C(=O)N(Cc2ccccc2)C1=O)c1cccc(C)c1. The van der Waals surface area contributed by atoms with Gasteiger partial charge in [-0.1, -0.05) is 54.1 Å². The minimum absolute atomic E-state index is 0.0238. The van der Waals surface area contributed by atoms with Gasteiger partial charge in [0.15, 0.2) is 0 Å². The normalized spacial score (nSPS) is 14.4. The number of likely N-dealkylation sites (N-methyl/N-ethyl adjacent to an activating group) is 1. The number of rotatable bonds is 5. The highest BCUT2D eigenvalue weighted by atomic mass is 35.5. The second-order valence-corrected chi connectivity index (χ2v) is 6.31. The van der Waals surface area contributed by atoms with Gasteiger partial charge in [-0.25, -0.2) is 0 Å². The minimum Gasteiger partial charge on any atom is -0.336 e. The van der Waals surface area contributed by atoms with Gasteiger partial charge in [0, 0.05) is 12.2 Å². The molecule has 3 rings (SSSR count). The summed E-state index contributed by atoms with van der Waals surface area (Å²) in [7, 11) is 0. The van der Waals surface area contributed by atoms with Gasteiger partial charge in [-0.05, 0) is 37.1 Å². The summed E-state index contributed by atoms with van der Waals surface area (Å²) < 4.78 is 0. The summed E-state index contributed by atoms with van der Waals surface area (Å²) in [6.45, 7) is 4.66. The summed E-state index contributed by atoms with van der Waals surface area (Å²) in [5, 5.41) is -0.0238. The Morgan fingerprint density at radius 1 is 1.00 bits per heavy atom. The van der Waals surface area contributed by atoms with Crippen LogP contribution < -0.4 is 4.90 Å². The van der Waals surface area contributed by atoms with Crippen molar-refractivity contribution in [1.82, 2.24) is 4.90 Å². The fourth-order valence-electron chi connectivity index (χ4n) is 2.94. The van der Waals surface area contributed by atoms with E-state index in [2.05, 4.69) is 0 Å². The third-order valence-corrected chi connectivity index (χ3v) is 4.51. The first-order chi connectivity index (χ1) is 12.0. The smallest absolute Gasteiger partial charge is 0.279 e. The number of aryl methyl sites for hydroxylation is 1. The van der Waals surface area contributed by atoms with Crippen LogP contribution in [0.15, 0.2) is 65.3 Å². The van der Waals surface area contributed by atoms with E-state index in [1.807, 2.05) is 68.4 Å². The molecule has 5 heteroatoms. The maximum atomic E-state index is 12.9. The number of imide groups is 1. The first-order valence-corrected chi connectivity index (χ1v) is 8.54. The van der Waals surface area contributed by atoms with Crippen LogP contribution in [0.1, 0.15) is 18.1 Å². The third-order valence-electron chi connectivity index (χ3n) is 4.17. The van der Waals surface area contributed by atoms with Crippen LogP contribution in [-0.2, 0) is 16.1 Å². The number of halogens is 1. The molecular formula is C20H19ClN2O2. The lowest BCUT2D eigenvalue weighted by Gasteiger charge is -2.24. The first-order valence-electron chi connectivity index (χ1n) is 8.17. The molecule has 128 valence electrons. The fraction of sp³-hybridized carbons (Fsp3) is 0.200. The van der Waals surface area contributed by atoms with E-state index in [-0.39, 0.29) is 23.2 Å². The molecule has 0 fully saturated rings. The van der Waals surface area contributed by atoms with Crippen molar-refractivity contribution in [1.29, 1.82) is 0 Å². The zero-order chi connectivity index (χ0) is 18.0. The molecule has 0 radical (unpaired) electrons. The van der Waals surface area contributed by atoms with Crippen LogP contribution in [0, 0.1) is 6.92 Å². The van der Waals surface area contributed by atoms with Gasteiger partial charge in [0.2, 0.25) is 0 Å². The van der Waals surface area contributed by atoms with Crippen LogP contribution >= 0.6 is 11.6 Å². The molecule has 0 saturated carbocycles. The van der Waals surface area contributed by atoms with E-state index in [1.165, 1.54) is 4.90 Å². The van der Waals surface area contributed by atoms with Crippen molar-refractivity contribution in [2.24, 2.45) is 0 Å². The molecule has 25 heavy (non-hydrogen) atoms. The maximum Gasteiger partial charge on any atom is 0.279 e. The summed E-state index contributed by atoms with van der Waals surface area (Å²) in [5.74, 6) is -0.807. The van der Waals surface area contributed by atoms with Gasteiger partial charge in [0.05, 0.1) is 6.54 Å². The van der Waals surface area contributed by atoms with Crippen molar-refractivity contribution in [2.45, 2.75) is 20.4 Å². The standard InChI is InChI=1S/C20H19ClN2O2/c1-3-22(16-11-7-8-14(2)12-16)18-17(21)19(24)23(20(18)25)13-15-9-5-4-6-10-15/h4-12H,3,13H2,1-2H3. The number of anilines is 1. The van der Waals surface area contributed by atoms with Crippen molar-refractivity contribution in [3.63, 3.8) is 0 Å². The fourth-order valence-corrected chi connectivity index (χ4v) is 3.23. The Morgan fingerprint density at radius 2 is 1.72 bits per heavy atom. The number of hydrogen-bond donors (Lipinski definition) is 0. The summed E-state index contributed by atoms with van der Waals surface area (Å²) in [4.78, 5) is 28.4. The second kappa shape index (κ2) is 7.11. The van der Waals surface area contributed by atoms with Gasteiger partial charge in [-0.15, -0.1) is 0 Å². The molecule has 2 aromatic rings. The second-order valence-electron chi connectivity index (χ2n) is 5.93. The maximum absolute atomic E-state index is 12.9. The van der Waals surface area contributed by atoms with Gasteiger partial charge in [0.1, 0.15) is 10.7 Å². The molecule has 1 aliphatic heterocycles. The number of amides is 2. The lowest BCUT2D eigenvalue weighted by molar-refractivity contribution is -0.138. The lowest BCUT2D eigenvalue weighted by Crippen LogP contribution is -2.34. The highest BCUT2D eigenvalue weighted by Gasteiger charge is 2.40. The van der Waals surface area contributed by atoms with Crippen molar-refractivity contribution in [3.05, 3.63) is 76.5 Å². The van der Waals surface area contributed by atoms with Crippen molar-refractivity contribution < 1.29 is 9.59 Å². The zero-order valence-corrected chi connectivity index (χ0v) is 15.0. The molecule has 0 aromatic heterocycles. The van der Waals surface area contributed by atoms with E-state index in [9.17, 15) is 9.59 Å². The monoisotopic (exact) mass is 354 g/mol. The number of hydrogen-bond acceptors (Lipinski definition) is 3. The molecular weight excluding hydrogens is 336 g/mol. The van der Waals surface area contributed by atoms with E-state index in [4.69, 9.17) is 11.6 Å². The molecule has 1 heterocycles. The van der Waals surface area contributed by atoms with Crippen molar-refractivity contribution >= 4 is 29.1 Å². The molecule has 0 atom stereocenters. The predicted octanol–water partition coefficient (Wildman–Crippen LogP) is 3.84. The number of benzene rings is 2. The lowest BCUT2D eigenvalue weighted by atomic mass is 10.2. The van der Waals surface area contributed by atoms with Crippen molar-refractivity contribution in [2.75, 3.05) is 11.4 Å². The van der Waals surface area contributed by atoms with Crippen LogP contribution in [0.5, 0.6) is 0 Å². The average Bonchev–Trinajstić information content (AvgIpc) is 2.82. The van der Waals surface area contributed by atoms with E-state index in [0.29, 0.717) is 6.54 Å². The summed E-state index contributed by atoms with van der Waals surface area (Å²) in [6.07, 6.45) is 0. The van der Waals surface area contributed by atoms with Gasteiger partial charge < -0.3 is 4.90 Å². The predicted molar refractivity (Wildman–Crippen MR) is 99.1 cm³/mol. The Balaban J connectivity index is 1.93. The topological polar surface area (TPSA) is 40.6 Å². The van der Waals surface area contributed by atoms with Crippen LogP contribution in [0.4, 0.5) is 5.69 Å². The molecule has 0 spiro atoms. The molecule has 0 bridgehead atoms. The highest BCUT2D eigenvalue weighted by Crippen LogP contribution is 2.31. The largest absolute Gasteiger partial charge is 0.336 e. The Hall–Kier alpha value is -2.59. The molecule has 2 aromatic carbocycles. The molecule has 2 amide bonds. The Kier molecular flexibility index (Phi) is 4.91. The Morgan fingerprint density at radius 3 is 2.36 bits per heavy atom. The van der Waals surface area contributed by atoms with Crippen LogP contribution in [-0.4, -0.2) is 23.3 Å². The first kappa shape index (κ1) is 17.2. The van der Waals surface area contributed by atoms with E-state index >= 15 is 0 Å². The number of carbonyl (C=O) groups excluding carboxylic acids is 2. The number of carbonyl (C=O) groups is 2. The third kappa shape index (κ3) is 3.30. The van der Waals surface area contributed by atoms with Gasteiger partial charge >= 0.3 is 0 Å². The summed E-state index contributed by atoms with van der Waals surface area (Å²) in [6, 6.07) is 17.2.